The third-order valence-electron chi connectivity index (χ3n) is 6.66. The predicted molar refractivity (Wildman–Crippen MR) is 174 cm³/mol. The van der Waals surface area contributed by atoms with Gasteiger partial charge >= 0.3 is 0 Å². The molecule has 0 aliphatic rings. The smallest absolute Gasteiger partial charge is 0.164 e. The van der Waals surface area contributed by atoms with E-state index in [2.05, 4.69) is 15.0 Å². The SMILES string of the molecule is [2H]c1ccc2oc3ccc([2H])c(-c4c([2H])c([2H])c(-c5nc(-c6ccc(-c7c([2H])c([2H])c([2H])c([2H])c7[2H])cc6)nc(-c6c([2H])c([2H])c([2H])c([2H])c6[2H])n5)c([2H])c4[2H])c3c2c1. The highest BCUT2D eigenvalue weighted by atomic mass is 16.3. The summed E-state index contributed by atoms with van der Waals surface area (Å²) in [4.78, 5) is 13.3. The number of hydrogen-bond acceptors (Lipinski definition) is 4. The van der Waals surface area contributed by atoms with Crippen LogP contribution in [0.1, 0.15) is 21.9 Å². The fourth-order valence-electron chi connectivity index (χ4n) is 4.67. The van der Waals surface area contributed by atoms with Gasteiger partial charge in [0.15, 0.2) is 17.5 Å². The Kier molecular flexibility index (Phi) is 3.28. The first-order valence-corrected chi connectivity index (χ1v) is 13.0. The molecule has 0 radical (unpaired) electrons. The van der Waals surface area contributed by atoms with Crippen LogP contribution in [0.4, 0.5) is 0 Å². The third kappa shape index (κ3) is 4.65. The molecule has 8 aromatic rings. The summed E-state index contributed by atoms with van der Waals surface area (Å²) in [5, 5.41) is 0.744. The highest BCUT2D eigenvalue weighted by Gasteiger charge is 2.15. The molecule has 2 aromatic heterocycles. The molecule has 0 saturated carbocycles. The standard InChI is InChI=1S/C39H25N3O/c1-3-10-26(11-4-1)27-18-22-30(23-19-27)38-40-37(29-12-5-2-6-13-29)41-39(42-38)31-24-20-28(21-25-31)32-15-9-17-35-36(32)33-14-7-8-16-34(33)43-35/h1-25H/i1D,2D,3D,4D,5D,6D,7D,10D,11D,12D,13D,15D,20D,21D,24D,25D. The average Bonchev–Trinajstić information content (AvgIpc) is 3.59. The molecule has 0 amide bonds. The maximum Gasteiger partial charge on any atom is 0.164 e. The molecule has 2 heterocycles. The van der Waals surface area contributed by atoms with Crippen molar-refractivity contribution in [3.63, 3.8) is 0 Å². The minimum absolute atomic E-state index is 0.0331. The van der Waals surface area contributed by atoms with Crippen molar-refractivity contribution >= 4 is 21.9 Å². The molecule has 0 bridgehead atoms. The molecule has 202 valence electrons. The molecule has 0 N–H and O–H groups in total. The zero-order valence-electron chi connectivity index (χ0n) is 37.9. The number of aromatic nitrogens is 3. The monoisotopic (exact) mass is 567 g/mol. The largest absolute Gasteiger partial charge is 0.456 e. The third-order valence-corrected chi connectivity index (χ3v) is 6.66. The van der Waals surface area contributed by atoms with Gasteiger partial charge in [0.05, 0.1) is 21.9 Å². The van der Waals surface area contributed by atoms with Crippen LogP contribution in [-0.4, -0.2) is 15.0 Å². The number of fused-ring (bicyclic) bond motifs is 3. The number of furan rings is 1. The van der Waals surface area contributed by atoms with Gasteiger partial charge in [-0.25, -0.2) is 15.0 Å². The summed E-state index contributed by atoms with van der Waals surface area (Å²) in [6.45, 7) is 0. The molecule has 0 fully saturated rings. The first-order chi connectivity index (χ1) is 27.9. The second-order valence-electron chi connectivity index (χ2n) is 9.25. The van der Waals surface area contributed by atoms with E-state index < -0.39 is 107 Å². The van der Waals surface area contributed by atoms with E-state index in [1.165, 1.54) is 42.5 Å². The van der Waals surface area contributed by atoms with E-state index in [0.29, 0.717) is 21.9 Å². The Balaban J connectivity index is 1.37. The fourth-order valence-corrected chi connectivity index (χ4v) is 4.67. The van der Waals surface area contributed by atoms with Gasteiger partial charge in [-0.2, -0.15) is 0 Å². The van der Waals surface area contributed by atoms with Crippen LogP contribution in [0.15, 0.2) is 156 Å². The molecule has 8 rings (SSSR count). The Hall–Kier alpha value is -5.87. The summed E-state index contributed by atoms with van der Waals surface area (Å²) in [5.74, 6) is -1.10. The molecular weight excluding hydrogens is 526 g/mol. The molecule has 0 atom stereocenters. The molecule has 43 heavy (non-hydrogen) atoms. The predicted octanol–water partition coefficient (Wildman–Crippen LogP) is 10.1. The number of nitrogens with zero attached hydrogens (tertiary/aromatic N) is 3. The van der Waals surface area contributed by atoms with Crippen molar-refractivity contribution in [1.82, 2.24) is 15.0 Å². The van der Waals surface area contributed by atoms with Crippen LogP contribution in [0, 0.1) is 0 Å². The van der Waals surface area contributed by atoms with Gasteiger partial charge in [0, 0.05) is 27.5 Å². The summed E-state index contributed by atoms with van der Waals surface area (Å²) < 4.78 is 142. The molecule has 0 spiro atoms. The lowest BCUT2D eigenvalue weighted by Crippen LogP contribution is -2.00. The van der Waals surface area contributed by atoms with Gasteiger partial charge in [0.2, 0.25) is 0 Å². The molecule has 6 aromatic carbocycles. The number of benzene rings is 6. The summed E-state index contributed by atoms with van der Waals surface area (Å²) in [7, 11) is 0. The van der Waals surface area contributed by atoms with E-state index in [1.807, 2.05) is 0 Å². The average molecular weight is 568 g/mol. The van der Waals surface area contributed by atoms with Crippen molar-refractivity contribution in [3.05, 3.63) is 151 Å². The van der Waals surface area contributed by atoms with Crippen molar-refractivity contribution in [2.24, 2.45) is 0 Å². The maximum absolute atomic E-state index is 9.20. The number of para-hydroxylation sites is 1. The van der Waals surface area contributed by atoms with Crippen molar-refractivity contribution < 1.29 is 26.3 Å². The topological polar surface area (TPSA) is 51.8 Å². The van der Waals surface area contributed by atoms with Crippen LogP contribution in [0.5, 0.6) is 0 Å². The van der Waals surface area contributed by atoms with Crippen LogP contribution in [0.3, 0.4) is 0 Å². The fraction of sp³-hybridized carbons (Fsp3) is 0. The van der Waals surface area contributed by atoms with E-state index in [4.69, 9.17) is 20.9 Å². The Labute approximate surface area is 271 Å². The van der Waals surface area contributed by atoms with E-state index in [1.54, 1.807) is 12.1 Å². The highest BCUT2D eigenvalue weighted by molar-refractivity contribution is 6.12. The molecule has 0 aliphatic heterocycles. The molecule has 4 heteroatoms. The van der Waals surface area contributed by atoms with E-state index in [-0.39, 0.29) is 45.7 Å². The van der Waals surface area contributed by atoms with Crippen molar-refractivity contribution in [1.29, 1.82) is 0 Å². The maximum atomic E-state index is 9.20. The van der Waals surface area contributed by atoms with Crippen molar-refractivity contribution in [3.8, 4) is 56.4 Å². The highest BCUT2D eigenvalue weighted by Crippen LogP contribution is 2.37. The quantitative estimate of drug-likeness (QED) is 0.208. The van der Waals surface area contributed by atoms with Gasteiger partial charge in [-0.15, -0.1) is 0 Å². The van der Waals surface area contributed by atoms with E-state index in [0.717, 1.165) is 0 Å². The summed E-state index contributed by atoms with van der Waals surface area (Å²) in [6, 6.07) is 5.07. The van der Waals surface area contributed by atoms with Gasteiger partial charge in [-0.05, 0) is 34.4 Å². The summed E-state index contributed by atoms with van der Waals surface area (Å²) >= 11 is 0. The summed E-state index contributed by atoms with van der Waals surface area (Å²) in [6.07, 6.45) is 0. The van der Waals surface area contributed by atoms with Crippen LogP contribution in [-0.2, 0) is 0 Å². The summed E-state index contributed by atoms with van der Waals surface area (Å²) in [5.41, 5.74) is -0.0142. The molecule has 4 nitrogen and oxygen atoms in total. The van der Waals surface area contributed by atoms with E-state index in [9.17, 15) is 5.48 Å². The number of rotatable bonds is 5. The van der Waals surface area contributed by atoms with Crippen LogP contribution in [0.2, 0.25) is 0 Å². The molecule has 0 aliphatic carbocycles. The molecule has 0 saturated heterocycles. The molecular formula is C39H25N3O. The van der Waals surface area contributed by atoms with Crippen LogP contribution < -0.4 is 0 Å². The van der Waals surface area contributed by atoms with Crippen LogP contribution >= 0.6 is 0 Å². The zero-order chi connectivity index (χ0) is 42.5. The first-order valence-electron chi connectivity index (χ1n) is 21.0. The Bertz CT molecular complexity index is 3040. The minimum atomic E-state index is -0.689. The Morgan fingerprint density at radius 2 is 0.977 bits per heavy atom. The normalized spacial score (nSPS) is 16.5. The molecule has 0 unspecified atom stereocenters. The van der Waals surface area contributed by atoms with Gasteiger partial charge in [0.25, 0.3) is 0 Å². The van der Waals surface area contributed by atoms with Crippen molar-refractivity contribution in [2.45, 2.75) is 0 Å². The van der Waals surface area contributed by atoms with Gasteiger partial charge in [-0.1, -0.05) is 139 Å². The second-order valence-corrected chi connectivity index (χ2v) is 9.25. The lowest BCUT2D eigenvalue weighted by Gasteiger charge is -2.10. The minimum Gasteiger partial charge on any atom is -0.456 e. The zero-order valence-corrected chi connectivity index (χ0v) is 21.9. The number of hydrogen-bond donors (Lipinski definition) is 0. The Morgan fingerprint density at radius 1 is 0.419 bits per heavy atom. The first kappa shape index (κ1) is 13.4. The van der Waals surface area contributed by atoms with E-state index >= 15 is 0 Å². The van der Waals surface area contributed by atoms with Gasteiger partial charge in [-0.3, -0.25) is 0 Å². The van der Waals surface area contributed by atoms with Gasteiger partial charge < -0.3 is 4.42 Å². The lowest BCUT2D eigenvalue weighted by molar-refractivity contribution is 0.669. The Morgan fingerprint density at radius 3 is 1.67 bits per heavy atom. The van der Waals surface area contributed by atoms with Gasteiger partial charge in [0.1, 0.15) is 11.2 Å². The van der Waals surface area contributed by atoms with Crippen LogP contribution in [0.25, 0.3) is 78.4 Å². The van der Waals surface area contributed by atoms with Crippen molar-refractivity contribution in [2.75, 3.05) is 0 Å². The lowest BCUT2D eigenvalue weighted by atomic mass is 9.98. The second kappa shape index (κ2) is 10.5.